The zero-order valence-corrected chi connectivity index (χ0v) is 13.3. The monoisotopic (exact) mass is 307 g/mol. The SMILES string of the molecule is CCn1nc(C)c(Cl)c1CC(CCc1ccncc1)NN. The summed E-state index contributed by atoms with van der Waals surface area (Å²) >= 11 is 6.35. The van der Waals surface area contributed by atoms with Gasteiger partial charge < -0.3 is 0 Å². The number of aryl methyl sites for hydroxylation is 3. The van der Waals surface area contributed by atoms with Crippen LogP contribution in [0.15, 0.2) is 24.5 Å². The molecule has 0 spiro atoms. The van der Waals surface area contributed by atoms with Crippen LogP contribution in [0, 0.1) is 6.92 Å². The molecule has 114 valence electrons. The van der Waals surface area contributed by atoms with E-state index in [4.69, 9.17) is 17.4 Å². The highest BCUT2D eigenvalue weighted by Crippen LogP contribution is 2.22. The Morgan fingerprint density at radius 2 is 2.10 bits per heavy atom. The van der Waals surface area contributed by atoms with Gasteiger partial charge in [-0.2, -0.15) is 5.10 Å². The Kier molecular flexibility index (Phi) is 5.73. The maximum Gasteiger partial charge on any atom is 0.0847 e. The van der Waals surface area contributed by atoms with E-state index in [-0.39, 0.29) is 6.04 Å². The van der Waals surface area contributed by atoms with Gasteiger partial charge >= 0.3 is 0 Å². The molecule has 2 heterocycles. The van der Waals surface area contributed by atoms with Crippen molar-refractivity contribution < 1.29 is 0 Å². The second-order valence-corrected chi connectivity index (χ2v) is 5.50. The smallest absolute Gasteiger partial charge is 0.0847 e. The van der Waals surface area contributed by atoms with Crippen LogP contribution < -0.4 is 11.3 Å². The van der Waals surface area contributed by atoms with E-state index in [9.17, 15) is 0 Å². The van der Waals surface area contributed by atoms with Gasteiger partial charge in [0.15, 0.2) is 0 Å². The molecule has 1 unspecified atom stereocenters. The van der Waals surface area contributed by atoms with Crippen molar-refractivity contribution in [2.45, 2.75) is 45.7 Å². The van der Waals surface area contributed by atoms with E-state index in [2.05, 4.69) is 22.4 Å². The van der Waals surface area contributed by atoms with Crippen LogP contribution in [0.2, 0.25) is 5.02 Å². The molecule has 0 aromatic carbocycles. The van der Waals surface area contributed by atoms with Gasteiger partial charge in [-0.25, -0.2) is 0 Å². The Bertz CT molecular complexity index is 567. The van der Waals surface area contributed by atoms with Gasteiger partial charge in [-0.05, 0) is 44.4 Å². The minimum absolute atomic E-state index is 0.164. The highest BCUT2D eigenvalue weighted by molar-refractivity contribution is 6.31. The number of aromatic nitrogens is 3. The van der Waals surface area contributed by atoms with Crippen LogP contribution in [0.3, 0.4) is 0 Å². The van der Waals surface area contributed by atoms with Crippen molar-refractivity contribution in [1.29, 1.82) is 0 Å². The van der Waals surface area contributed by atoms with Crippen molar-refractivity contribution in [3.05, 3.63) is 46.5 Å². The standard InChI is InChI=1S/C15H22ClN5/c1-3-21-14(15(16)11(2)20-21)10-13(19-17)5-4-12-6-8-18-9-7-12/h6-9,13,19H,3-5,10,17H2,1-2H3. The lowest BCUT2D eigenvalue weighted by atomic mass is 10.0. The molecule has 6 heteroatoms. The van der Waals surface area contributed by atoms with E-state index >= 15 is 0 Å². The average molecular weight is 308 g/mol. The van der Waals surface area contributed by atoms with Crippen LogP contribution in [0.1, 0.15) is 30.3 Å². The van der Waals surface area contributed by atoms with Gasteiger partial charge in [-0.3, -0.25) is 20.9 Å². The summed E-state index contributed by atoms with van der Waals surface area (Å²) < 4.78 is 1.95. The minimum Gasteiger partial charge on any atom is -0.271 e. The highest BCUT2D eigenvalue weighted by atomic mass is 35.5. The molecule has 0 radical (unpaired) electrons. The van der Waals surface area contributed by atoms with Crippen LogP contribution in [-0.2, 0) is 19.4 Å². The van der Waals surface area contributed by atoms with E-state index in [1.54, 1.807) is 0 Å². The molecule has 5 nitrogen and oxygen atoms in total. The molecule has 2 rings (SSSR count). The van der Waals surface area contributed by atoms with E-state index in [1.165, 1.54) is 5.56 Å². The third kappa shape index (κ3) is 4.03. The summed E-state index contributed by atoms with van der Waals surface area (Å²) in [4.78, 5) is 4.03. The van der Waals surface area contributed by atoms with Crippen molar-refractivity contribution in [1.82, 2.24) is 20.2 Å². The number of hydrazine groups is 1. The Morgan fingerprint density at radius 1 is 1.38 bits per heavy atom. The Labute approximate surface area is 130 Å². The number of rotatable bonds is 7. The molecule has 0 fully saturated rings. The molecule has 0 bridgehead atoms. The molecular formula is C15H22ClN5. The maximum absolute atomic E-state index is 6.35. The van der Waals surface area contributed by atoms with Crippen LogP contribution in [-0.4, -0.2) is 20.8 Å². The molecule has 0 aliphatic carbocycles. The molecule has 3 N–H and O–H groups in total. The Hall–Kier alpha value is -1.43. The first-order valence-corrected chi connectivity index (χ1v) is 7.60. The van der Waals surface area contributed by atoms with Crippen molar-refractivity contribution in [3.8, 4) is 0 Å². The summed E-state index contributed by atoms with van der Waals surface area (Å²) in [7, 11) is 0. The molecular weight excluding hydrogens is 286 g/mol. The van der Waals surface area contributed by atoms with Gasteiger partial charge in [0.25, 0.3) is 0 Å². The number of hydrogen-bond donors (Lipinski definition) is 2. The second-order valence-electron chi connectivity index (χ2n) is 5.12. The van der Waals surface area contributed by atoms with E-state index in [1.807, 2.05) is 36.1 Å². The normalized spacial score (nSPS) is 12.6. The Balaban J connectivity index is 2.02. The number of nitrogens with zero attached hydrogens (tertiary/aromatic N) is 3. The van der Waals surface area contributed by atoms with Gasteiger partial charge in [-0.1, -0.05) is 11.6 Å². The first-order chi connectivity index (χ1) is 10.2. The molecule has 0 amide bonds. The van der Waals surface area contributed by atoms with Crippen molar-refractivity contribution in [3.63, 3.8) is 0 Å². The minimum atomic E-state index is 0.164. The van der Waals surface area contributed by atoms with E-state index in [0.717, 1.165) is 42.2 Å². The number of hydrogen-bond acceptors (Lipinski definition) is 4. The summed E-state index contributed by atoms with van der Waals surface area (Å²) in [6.45, 7) is 4.80. The summed E-state index contributed by atoms with van der Waals surface area (Å²) in [5.74, 6) is 5.70. The van der Waals surface area contributed by atoms with Crippen molar-refractivity contribution >= 4 is 11.6 Å². The quantitative estimate of drug-likeness (QED) is 0.608. The number of halogens is 1. The lowest BCUT2D eigenvalue weighted by Crippen LogP contribution is -2.37. The van der Waals surface area contributed by atoms with Crippen LogP contribution in [0.25, 0.3) is 0 Å². The lowest BCUT2D eigenvalue weighted by Gasteiger charge is -2.16. The molecule has 0 aliphatic heterocycles. The summed E-state index contributed by atoms with van der Waals surface area (Å²) in [5.41, 5.74) is 6.08. The fourth-order valence-corrected chi connectivity index (χ4v) is 2.64. The zero-order chi connectivity index (χ0) is 15.2. The first kappa shape index (κ1) is 15.9. The van der Waals surface area contributed by atoms with Gasteiger partial charge in [-0.15, -0.1) is 0 Å². The molecule has 0 aliphatic rings. The fourth-order valence-electron chi connectivity index (χ4n) is 2.43. The van der Waals surface area contributed by atoms with Gasteiger partial charge in [0, 0.05) is 31.4 Å². The zero-order valence-electron chi connectivity index (χ0n) is 12.5. The van der Waals surface area contributed by atoms with Crippen molar-refractivity contribution in [2.75, 3.05) is 0 Å². The second kappa shape index (κ2) is 7.54. The average Bonchev–Trinajstić information content (AvgIpc) is 2.79. The summed E-state index contributed by atoms with van der Waals surface area (Å²) in [6, 6.07) is 4.22. The predicted molar refractivity (Wildman–Crippen MR) is 85.0 cm³/mol. The third-order valence-corrected chi connectivity index (χ3v) is 4.15. The van der Waals surface area contributed by atoms with Crippen molar-refractivity contribution in [2.24, 2.45) is 5.84 Å². The third-order valence-electron chi connectivity index (χ3n) is 3.66. The Morgan fingerprint density at radius 3 is 2.71 bits per heavy atom. The van der Waals surface area contributed by atoms with E-state index < -0.39 is 0 Å². The summed E-state index contributed by atoms with van der Waals surface area (Å²) in [5, 5.41) is 5.19. The molecule has 0 saturated heterocycles. The number of pyridine rings is 1. The fraction of sp³-hybridized carbons (Fsp3) is 0.467. The number of nitrogens with two attached hydrogens (primary N) is 1. The summed E-state index contributed by atoms with van der Waals surface area (Å²) in [6.07, 6.45) is 6.29. The lowest BCUT2D eigenvalue weighted by molar-refractivity contribution is 0.471. The highest BCUT2D eigenvalue weighted by Gasteiger charge is 2.17. The van der Waals surface area contributed by atoms with E-state index in [0.29, 0.717) is 0 Å². The molecule has 2 aromatic rings. The first-order valence-electron chi connectivity index (χ1n) is 7.22. The molecule has 0 saturated carbocycles. The topological polar surface area (TPSA) is 68.8 Å². The van der Waals surface area contributed by atoms with Gasteiger partial charge in [0.1, 0.15) is 0 Å². The molecule has 21 heavy (non-hydrogen) atoms. The van der Waals surface area contributed by atoms with Crippen LogP contribution in [0.5, 0.6) is 0 Å². The predicted octanol–water partition coefficient (Wildman–Crippen LogP) is 2.27. The van der Waals surface area contributed by atoms with Crippen LogP contribution in [0.4, 0.5) is 0 Å². The number of nitrogens with one attached hydrogen (secondary N) is 1. The van der Waals surface area contributed by atoms with Gasteiger partial charge in [0.05, 0.1) is 16.4 Å². The van der Waals surface area contributed by atoms with Crippen LogP contribution >= 0.6 is 11.6 Å². The largest absolute Gasteiger partial charge is 0.271 e. The van der Waals surface area contributed by atoms with Gasteiger partial charge in [0.2, 0.25) is 0 Å². The molecule has 2 aromatic heterocycles. The molecule has 1 atom stereocenters. The maximum atomic E-state index is 6.35.